The summed E-state index contributed by atoms with van der Waals surface area (Å²) in [6.07, 6.45) is 0. The van der Waals surface area contributed by atoms with Gasteiger partial charge in [-0.2, -0.15) is 0 Å². The number of ether oxygens (including phenoxy) is 1. The van der Waals surface area contributed by atoms with Gasteiger partial charge in [0.25, 0.3) is 0 Å². The molecule has 0 unspecified atom stereocenters. The Labute approximate surface area is 151 Å². The average Bonchev–Trinajstić information content (AvgIpc) is 2.98. The van der Waals surface area contributed by atoms with Gasteiger partial charge < -0.3 is 18.8 Å². The molecule has 0 saturated carbocycles. The number of methoxy groups -OCH3 is 1. The molecule has 132 valence electrons. The largest absolute Gasteiger partial charge is 0.495 e. The fourth-order valence-corrected chi connectivity index (χ4v) is 4.11. The standard InChI is InChI=1S/C20H18NO4P/c1-23-20-12-16-15-10-6-7-11-18(15)24-19(16)13-17(20)21-26(2,22)25-14-8-4-3-5-9-14/h3-13H,1-2H3,(H,21,22)/t26-/m1/s1. The van der Waals surface area contributed by atoms with E-state index in [9.17, 15) is 4.57 Å². The van der Waals surface area contributed by atoms with Crippen LogP contribution in [0.3, 0.4) is 0 Å². The van der Waals surface area contributed by atoms with Gasteiger partial charge in [-0.05, 0) is 24.3 Å². The molecule has 5 nitrogen and oxygen atoms in total. The van der Waals surface area contributed by atoms with E-state index in [1.807, 2.05) is 48.5 Å². The van der Waals surface area contributed by atoms with Gasteiger partial charge in [0, 0.05) is 23.5 Å². The van der Waals surface area contributed by atoms with E-state index in [4.69, 9.17) is 13.7 Å². The van der Waals surface area contributed by atoms with Crippen LogP contribution in [-0.2, 0) is 4.57 Å². The van der Waals surface area contributed by atoms with Crippen molar-refractivity contribution in [3.63, 3.8) is 0 Å². The zero-order chi connectivity index (χ0) is 18.1. The Morgan fingerprint density at radius 3 is 2.42 bits per heavy atom. The highest BCUT2D eigenvalue weighted by atomic mass is 31.2. The molecular weight excluding hydrogens is 349 g/mol. The maximum atomic E-state index is 12.9. The molecule has 0 radical (unpaired) electrons. The van der Waals surface area contributed by atoms with Gasteiger partial charge in [0.15, 0.2) is 0 Å². The Morgan fingerprint density at radius 1 is 0.923 bits per heavy atom. The smallest absolute Gasteiger partial charge is 0.338 e. The van der Waals surface area contributed by atoms with Crippen LogP contribution < -0.4 is 14.3 Å². The lowest BCUT2D eigenvalue weighted by Gasteiger charge is -2.19. The van der Waals surface area contributed by atoms with Crippen molar-refractivity contribution < 1.29 is 18.2 Å². The Bertz CT molecular complexity index is 1120. The molecular formula is C20H18NO4P. The van der Waals surface area contributed by atoms with E-state index >= 15 is 0 Å². The van der Waals surface area contributed by atoms with Gasteiger partial charge in [-0.3, -0.25) is 4.57 Å². The number of benzene rings is 3. The van der Waals surface area contributed by atoms with E-state index in [1.165, 1.54) is 6.66 Å². The van der Waals surface area contributed by atoms with Gasteiger partial charge in [-0.1, -0.05) is 36.4 Å². The van der Waals surface area contributed by atoms with Crippen LogP contribution in [0.1, 0.15) is 0 Å². The third kappa shape index (κ3) is 3.14. The molecule has 1 heterocycles. The second kappa shape index (κ2) is 6.43. The highest BCUT2D eigenvalue weighted by molar-refractivity contribution is 7.60. The van der Waals surface area contributed by atoms with Crippen LogP contribution in [0.15, 0.2) is 71.1 Å². The zero-order valence-electron chi connectivity index (χ0n) is 14.4. The first-order valence-electron chi connectivity index (χ1n) is 8.15. The van der Waals surface area contributed by atoms with Crippen LogP contribution in [-0.4, -0.2) is 13.8 Å². The number of hydrogen-bond acceptors (Lipinski definition) is 4. The molecule has 26 heavy (non-hydrogen) atoms. The molecule has 3 aromatic carbocycles. The Balaban J connectivity index is 1.73. The molecule has 0 aliphatic heterocycles. The predicted octanol–water partition coefficient (Wildman–Crippen LogP) is 5.91. The van der Waals surface area contributed by atoms with Crippen molar-refractivity contribution in [3.05, 3.63) is 66.7 Å². The molecule has 6 heteroatoms. The molecule has 1 N–H and O–H groups in total. The minimum Gasteiger partial charge on any atom is -0.495 e. The van der Waals surface area contributed by atoms with E-state index in [0.717, 1.165) is 16.4 Å². The SMILES string of the molecule is COc1cc2c(cc1N[P@](C)(=O)Oc1ccccc1)oc1ccccc12. The van der Waals surface area contributed by atoms with Crippen molar-refractivity contribution in [2.24, 2.45) is 0 Å². The lowest BCUT2D eigenvalue weighted by atomic mass is 10.1. The van der Waals surface area contributed by atoms with Gasteiger partial charge in [-0.15, -0.1) is 0 Å². The fraction of sp³-hybridized carbons (Fsp3) is 0.100. The Kier molecular flexibility index (Phi) is 4.09. The zero-order valence-corrected chi connectivity index (χ0v) is 15.3. The predicted molar refractivity (Wildman–Crippen MR) is 104 cm³/mol. The molecule has 4 aromatic rings. The van der Waals surface area contributed by atoms with Crippen molar-refractivity contribution in [1.82, 2.24) is 0 Å². The van der Waals surface area contributed by atoms with Crippen LogP contribution in [0.4, 0.5) is 5.69 Å². The number of para-hydroxylation sites is 2. The average molecular weight is 367 g/mol. The fourth-order valence-electron chi connectivity index (χ4n) is 2.93. The van der Waals surface area contributed by atoms with Gasteiger partial charge in [0.05, 0.1) is 12.8 Å². The van der Waals surface area contributed by atoms with Crippen molar-refractivity contribution in [1.29, 1.82) is 0 Å². The van der Waals surface area contributed by atoms with Crippen LogP contribution in [0.25, 0.3) is 21.9 Å². The topological polar surface area (TPSA) is 60.7 Å². The molecule has 1 aromatic heterocycles. The van der Waals surface area contributed by atoms with Crippen LogP contribution >= 0.6 is 7.52 Å². The van der Waals surface area contributed by atoms with Gasteiger partial charge in [0.2, 0.25) is 0 Å². The molecule has 0 aliphatic rings. The number of hydrogen-bond donors (Lipinski definition) is 1. The second-order valence-electron chi connectivity index (χ2n) is 6.01. The number of furan rings is 1. The molecule has 0 saturated heterocycles. The monoisotopic (exact) mass is 367 g/mol. The highest BCUT2D eigenvalue weighted by Gasteiger charge is 2.21. The van der Waals surface area contributed by atoms with E-state index in [0.29, 0.717) is 22.8 Å². The summed E-state index contributed by atoms with van der Waals surface area (Å²) in [7, 11) is -1.58. The first-order chi connectivity index (χ1) is 12.6. The van der Waals surface area contributed by atoms with Crippen molar-refractivity contribution in [2.45, 2.75) is 0 Å². The minimum atomic E-state index is -3.16. The van der Waals surface area contributed by atoms with Crippen molar-refractivity contribution in [3.8, 4) is 11.5 Å². The molecule has 0 spiro atoms. The normalized spacial score (nSPS) is 13.5. The maximum absolute atomic E-state index is 12.9. The van der Waals surface area contributed by atoms with Gasteiger partial charge in [0.1, 0.15) is 22.7 Å². The summed E-state index contributed by atoms with van der Waals surface area (Å²) >= 11 is 0. The van der Waals surface area contributed by atoms with Crippen molar-refractivity contribution >= 4 is 35.1 Å². The van der Waals surface area contributed by atoms with E-state index in [2.05, 4.69) is 5.09 Å². The molecule has 4 rings (SSSR count). The molecule has 1 atom stereocenters. The minimum absolute atomic E-state index is 0.537. The van der Waals surface area contributed by atoms with E-state index in [1.54, 1.807) is 25.3 Å². The Morgan fingerprint density at radius 2 is 1.65 bits per heavy atom. The summed E-state index contributed by atoms with van der Waals surface area (Å²) in [5.41, 5.74) is 2.04. The number of anilines is 1. The first kappa shape index (κ1) is 16.6. The lowest BCUT2D eigenvalue weighted by Crippen LogP contribution is -2.03. The number of fused-ring (bicyclic) bond motifs is 3. The van der Waals surface area contributed by atoms with Crippen LogP contribution in [0, 0.1) is 0 Å². The summed E-state index contributed by atoms with van der Waals surface area (Å²) in [5, 5.41) is 4.92. The number of nitrogens with one attached hydrogen (secondary N) is 1. The van der Waals surface area contributed by atoms with Gasteiger partial charge in [-0.25, -0.2) is 0 Å². The van der Waals surface area contributed by atoms with Crippen LogP contribution in [0.2, 0.25) is 0 Å². The molecule has 0 amide bonds. The van der Waals surface area contributed by atoms with Crippen LogP contribution in [0.5, 0.6) is 11.5 Å². The summed E-state index contributed by atoms with van der Waals surface area (Å²) in [6, 6.07) is 20.5. The highest BCUT2D eigenvalue weighted by Crippen LogP contribution is 2.47. The summed E-state index contributed by atoms with van der Waals surface area (Å²) in [4.78, 5) is 0. The van der Waals surface area contributed by atoms with Crippen molar-refractivity contribution in [2.75, 3.05) is 18.9 Å². The van der Waals surface area contributed by atoms with E-state index < -0.39 is 7.52 Å². The van der Waals surface area contributed by atoms with E-state index in [-0.39, 0.29) is 0 Å². The molecule has 0 fully saturated rings. The molecule has 0 aliphatic carbocycles. The number of rotatable bonds is 5. The van der Waals surface area contributed by atoms with Gasteiger partial charge >= 0.3 is 7.52 Å². The summed E-state index contributed by atoms with van der Waals surface area (Å²) < 4.78 is 29.9. The second-order valence-corrected chi connectivity index (χ2v) is 8.11. The maximum Gasteiger partial charge on any atom is 0.338 e. The third-order valence-corrected chi connectivity index (χ3v) is 5.25. The summed E-state index contributed by atoms with van der Waals surface area (Å²) in [5.74, 6) is 1.11. The first-order valence-corrected chi connectivity index (χ1v) is 10.2. The third-order valence-electron chi connectivity index (χ3n) is 4.05. The lowest BCUT2D eigenvalue weighted by molar-refractivity contribution is 0.417. The molecule has 0 bridgehead atoms. The Hall–Kier alpha value is -2.91. The summed E-state index contributed by atoms with van der Waals surface area (Å²) in [6.45, 7) is 1.53. The quantitative estimate of drug-likeness (QED) is 0.445.